The van der Waals surface area contributed by atoms with Gasteiger partial charge in [-0.1, -0.05) is 0 Å². The maximum absolute atomic E-state index is 8.74. The molecular formula is C4H12LiNO8S2. The number of rotatable bonds is 0. The molecule has 0 amide bonds. The molecule has 0 aromatic carbocycles. The zero-order valence-electron chi connectivity index (χ0n) is 8.53. The Bertz CT molecular complexity index is 279. The second kappa shape index (κ2) is 10.5. The molecule has 0 saturated carbocycles. The van der Waals surface area contributed by atoms with Gasteiger partial charge in [0.25, 0.3) is 0 Å². The van der Waals surface area contributed by atoms with Crippen molar-refractivity contribution in [3.05, 3.63) is 0 Å². The Morgan fingerprint density at radius 2 is 1.12 bits per heavy atom. The molecule has 0 unspecified atom stereocenters. The van der Waals surface area contributed by atoms with Crippen LogP contribution in [0.3, 0.4) is 0 Å². The van der Waals surface area contributed by atoms with E-state index in [1.165, 1.54) is 25.9 Å². The van der Waals surface area contributed by atoms with Gasteiger partial charge in [0.05, 0.1) is 0 Å². The zero-order valence-corrected chi connectivity index (χ0v) is 10.2. The zero-order chi connectivity index (χ0) is 12.5. The van der Waals surface area contributed by atoms with Crippen molar-refractivity contribution in [2.24, 2.45) is 0 Å². The van der Waals surface area contributed by atoms with Gasteiger partial charge in [-0.15, -0.1) is 0 Å². The molecule has 0 spiro atoms. The first-order valence-corrected chi connectivity index (χ1v) is 6.35. The molecule has 0 aliphatic carbocycles. The topological polar surface area (TPSA) is 164 Å². The van der Waals surface area contributed by atoms with Gasteiger partial charge in [-0.2, -0.15) is 8.42 Å². The Kier molecular flexibility index (Phi) is 14.1. The summed E-state index contributed by atoms with van der Waals surface area (Å²) in [4.78, 5) is 0. The summed E-state index contributed by atoms with van der Waals surface area (Å²) in [6.07, 6.45) is 2.78. The fourth-order valence-electron chi connectivity index (χ4n) is 0.625. The second-order valence-corrected chi connectivity index (χ2v) is 4.08. The minimum atomic E-state index is -4.92. The Balaban J connectivity index is -0.000000154. The quantitative estimate of drug-likeness (QED) is 0.194. The molecule has 0 radical (unpaired) electrons. The fraction of sp³-hybridized carbons (Fsp3) is 1.00. The van der Waals surface area contributed by atoms with Crippen molar-refractivity contribution < 1.29 is 53.9 Å². The third kappa shape index (κ3) is 90.1. The molecular weight excluding hydrogens is 261 g/mol. The molecule has 0 aromatic rings. The van der Waals surface area contributed by atoms with Crippen LogP contribution < -0.4 is 24.2 Å². The van der Waals surface area contributed by atoms with E-state index in [0.29, 0.717) is 0 Å². The van der Waals surface area contributed by atoms with E-state index in [9.17, 15) is 0 Å². The minimum Gasteiger partial charge on any atom is -0.726 e. The van der Waals surface area contributed by atoms with Gasteiger partial charge in [0.1, 0.15) is 0 Å². The molecule has 16 heavy (non-hydrogen) atoms. The molecule has 1 saturated heterocycles. The SMILES string of the molecule is C1CCNC1.O=S(=O)(O)O.O=S(=O)([O-])O.[Li+]. The summed E-state index contributed by atoms with van der Waals surface area (Å²) >= 11 is 0. The normalized spacial score (nSPS) is 14.8. The number of hydrogen-bond acceptors (Lipinski definition) is 6. The molecule has 1 aliphatic heterocycles. The maximum atomic E-state index is 8.74. The predicted octanol–water partition coefficient (Wildman–Crippen LogP) is -4.27. The van der Waals surface area contributed by atoms with E-state index < -0.39 is 20.8 Å². The first-order chi connectivity index (χ1) is 6.50. The molecule has 1 rings (SSSR count). The Morgan fingerprint density at radius 1 is 0.938 bits per heavy atom. The number of hydrogen-bond donors (Lipinski definition) is 4. The first kappa shape index (κ1) is 21.6. The summed E-state index contributed by atoms with van der Waals surface area (Å²) in [5.41, 5.74) is 0. The molecule has 1 heterocycles. The van der Waals surface area contributed by atoms with Gasteiger partial charge in [0, 0.05) is 0 Å². The van der Waals surface area contributed by atoms with E-state index in [1.54, 1.807) is 0 Å². The van der Waals surface area contributed by atoms with E-state index >= 15 is 0 Å². The van der Waals surface area contributed by atoms with Crippen molar-refractivity contribution in [3.63, 3.8) is 0 Å². The van der Waals surface area contributed by atoms with Gasteiger partial charge in [-0.05, 0) is 25.9 Å². The van der Waals surface area contributed by atoms with Crippen LogP contribution in [-0.2, 0) is 20.8 Å². The van der Waals surface area contributed by atoms with Gasteiger partial charge in [-0.3, -0.25) is 13.7 Å². The average Bonchev–Trinajstić information content (AvgIpc) is 2.28. The van der Waals surface area contributed by atoms with E-state index in [0.717, 1.165) is 0 Å². The molecule has 9 nitrogen and oxygen atoms in total. The van der Waals surface area contributed by atoms with Crippen molar-refractivity contribution in [1.29, 1.82) is 0 Å². The summed E-state index contributed by atoms with van der Waals surface area (Å²) in [6, 6.07) is 0. The molecule has 1 fully saturated rings. The minimum absolute atomic E-state index is 0. The third-order valence-corrected chi connectivity index (χ3v) is 0.957. The van der Waals surface area contributed by atoms with Gasteiger partial charge in [0.2, 0.25) is 10.4 Å². The summed E-state index contributed by atoms with van der Waals surface area (Å²) in [7, 11) is -9.58. The molecule has 12 heteroatoms. The molecule has 94 valence electrons. The van der Waals surface area contributed by atoms with Crippen molar-refractivity contribution in [2.75, 3.05) is 13.1 Å². The van der Waals surface area contributed by atoms with Crippen LogP contribution in [0.5, 0.6) is 0 Å². The Hall–Kier alpha value is 0.297. The van der Waals surface area contributed by atoms with Crippen LogP contribution >= 0.6 is 0 Å². The van der Waals surface area contributed by atoms with E-state index in [1.807, 2.05) is 0 Å². The largest absolute Gasteiger partial charge is 1.00 e. The fourth-order valence-corrected chi connectivity index (χ4v) is 0.625. The summed E-state index contributed by atoms with van der Waals surface area (Å²) in [5, 5.41) is 3.22. The van der Waals surface area contributed by atoms with Crippen LogP contribution in [0.2, 0.25) is 0 Å². The Morgan fingerprint density at radius 3 is 1.19 bits per heavy atom. The smallest absolute Gasteiger partial charge is 0.726 e. The van der Waals surface area contributed by atoms with Gasteiger partial charge in [-0.25, -0.2) is 8.42 Å². The maximum Gasteiger partial charge on any atom is 1.00 e. The molecule has 4 N–H and O–H groups in total. The van der Waals surface area contributed by atoms with Crippen molar-refractivity contribution in [1.82, 2.24) is 5.32 Å². The van der Waals surface area contributed by atoms with E-state index in [2.05, 4.69) is 5.32 Å². The summed E-state index contributed by atoms with van der Waals surface area (Å²) < 4.78 is 64.4. The van der Waals surface area contributed by atoms with Crippen molar-refractivity contribution >= 4 is 20.8 Å². The van der Waals surface area contributed by atoms with Crippen LogP contribution in [0.25, 0.3) is 0 Å². The van der Waals surface area contributed by atoms with Crippen LogP contribution in [0.15, 0.2) is 0 Å². The third-order valence-electron chi connectivity index (χ3n) is 0.957. The number of nitrogens with one attached hydrogen (secondary N) is 1. The molecule has 0 bridgehead atoms. The van der Waals surface area contributed by atoms with Gasteiger partial charge >= 0.3 is 29.3 Å². The average molecular weight is 273 g/mol. The molecule has 1 aliphatic rings. The van der Waals surface area contributed by atoms with Crippen molar-refractivity contribution in [2.45, 2.75) is 12.8 Å². The second-order valence-electron chi connectivity index (χ2n) is 2.33. The van der Waals surface area contributed by atoms with Gasteiger partial charge in [0.15, 0.2) is 0 Å². The van der Waals surface area contributed by atoms with E-state index in [4.69, 9.17) is 35.0 Å². The monoisotopic (exact) mass is 273 g/mol. The molecule has 0 atom stereocenters. The van der Waals surface area contributed by atoms with E-state index in [-0.39, 0.29) is 18.9 Å². The standard InChI is InChI=1S/C4H9N.Li.2H2O4S/c1-2-4-5-3-1;;2*1-5(2,3)4/h5H,1-4H2;;2*(H2,1,2,3,4)/q;+1;;/p-1. The first-order valence-electron chi connectivity index (χ1n) is 3.59. The van der Waals surface area contributed by atoms with Crippen LogP contribution in [-0.4, -0.2) is 48.1 Å². The van der Waals surface area contributed by atoms with Crippen molar-refractivity contribution in [3.8, 4) is 0 Å². The Labute approximate surface area is 106 Å². The van der Waals surface area contributed by atoms with Crippen LogP contribution in [0.1, 0.15) is 12.8 Å². The molecule has 0 aromatic heterocycles. The van der Waals surface area contributed by atoms with Gasteiger partial charge < -0.3 is 9.87 Å². The summed E-state index contributed by atoms with van der Waals surface area (Å²) in [6.45, 7) is 2.50. The predicted molar refractivity (Wildman–Crippen MR) is 48.6 cm³/mol. The summed E-state index contributed by atoms with van der Waals surface area (Å²) in [5.74, 6) is 0. The van der Waals surface area contributed by atoms with Crippen LogP contribution in [0.4, 0.5) is 0 Å². The van der Waals surface area contributed by atoms with Crippen LogP contribution in [0, 0.1) is 0 Å².